The fourth-order valence-corrected chi connectivity index (χ4v) is 3.74. The monoisotopic (exact) mass is 445 g/mol. The van der Waals surface area contributed by atoms with Gasteiger partial charge in [0.05, 0.1) is 26.8 Å². The number of H-pyrrole nitrogens is 1. The van der Waals surface area contributed by atoms with E-state index in [0.717, 1.165) is 25.0 Å². The van der Waals surface area contributed by atoms with Crippen LogP contribution in [0.15, 0.2) is 18.3 Å². The van der Waals surface area contributed by atoms with E-state index in [1.807, 2.05) is 26.8 Å². The minimum atomic E-state index is -0.524. The molecular formula is C22H31N5O5. The molecule has 3 rings (SSSR count). The molecule has 0 saturated heterocycles. The minimum absolute atomic E-state index is 0.0466. The van der Waals surface area contributed by atoms with Crippen LogP contribution in [0.1, 0.15) is 57.2 Å². The molecule has 0 bridgehead atoms. The average Bonchev–Trinajstić information content (AvgIpc) is 3.35. The molecule has 2 heterocycles. The molecule has 0 aliphatic heterocycles. The number of alkyl carbamates (subject to hydrolysis) is 1. The Kier molecular flexibility index (Phi) is 7.22. The van der Waals surface area contributed by atoms with Crippen LogP contribution >= 0.6 is 0 Å². The molecule has 3 N–H and O–H groups in total. The predicted octanol–water partition coefficient (Wildman–Crippen LogP) is 3.16. The van der Waals surface area contributed by atoms with Crippen molar-refractivity contribution in [2.45, 2.75) is 64.0 Å². The summed E-state index contributed by atoms with van der Waals surface area (Å²) in [5, 5.41) is 13.0. The first kappa shape index (κ1) is 23.4. The van der Waals surface area contributed by atoms with Gasteiger partial charge in [-0.1, -0.05) is 0 Å². The van der Waals surface area contributed by atoms with Crippen molar-refractivity contribution in [1.82, 2.24) is 20.5 Å². The summed E-state index contributed by atoms with van der Waals surface area (Å²) in [5.41, 5.74) is 1.07. The highest BCUT2D eigenvalue weighted by Gasteiger charge is 2.29. The van der Waals surface area contributed by atoms with E-state index in [0.29, 0.717) is 23.0 Å². The predicted molar refractivity (Wildman–Crippen MR) is 118 cm³/mol. The third-order valence-corrected chi connectivity index (χ3v) is 5.16. The van der Waals surface area contributed by atoms with E-state index in [9.17, 15) is 9.59 Å². The Morgan fingerprint density at radius 2 is 1.97 bits per heavy atom. The first-order chi connectivity index (χ1) is 15.2. The Morgan fingerprint density at radius 1 is 1.19 bits per heavy atom. The molecule has 10 heteroatoms. The standard InChI is InChI=1S/C22H31N5O5/c1-22(2,3)32-21(29)24-15-7-6-13(8-15)16-11-18(27-26-16)25-19(28)9-14-10-20(31-5)23-12-17(14)30-4/h10-13,15H,6-9H2,1-5H3,(H,24,29)(H2,25,26,27,28)/t13-,15+/m0/s1. The molecule has 2 aromatic heterocycles. The van der Waals surface area contributed by atoms with Crippen molar-refractivity contribution in [2.24, 2.45) is 0 Å². The maximum atomic E-state index is 12.5. The van der Waals surface area contributed by atoms with E-state index in [2.05, 4.69) is 25.8 Å². The van der Waals surface area contributed by atoms with E-state index in [1.54, 1.807) is 6.07 Å². The molecule has 0 radical (unpaired) electrons. The summed E-state index contributed by atoms with van der Waals surface area (Å²) in [6.07, 6.45) is 3.76. The second-order valence-corrected chi connectivity index (χ2v) is 8.83. The van der Waals surface area contributed by atoms with Gasteiger partial charge in [0.15, 0.2) is 5.82 Å². The molecular weight excluding hydrogens is 414 g/mol. The number of aromatic nitrogens is 3. The molecule has 0 aromatic carbocycles. The van der Waals surface area contributed by atoms with E-state index in [-0.39, 0.29) is 24.3 Å². The summed E-state index contributed by atoms with van der Waals surface area (Å²) in [6, 6.07) is 3.55. The molecule has 2 aromatic rings. The average molecular weight is 446 g/mol. The summed E-state index contributed by atoms with van der Waals surface area (Å²) >= 11 is 0. The Balaban J connectivity index is 1.54. The fourth-order valence-electron chi connectivity index (χ4n) is 3.74. The van der Waals surface area contributed by atoms with Gasteiger partial charge in [-0.3, -0.25) is 9.89 Å². The number of nitrogens with one attached hydrogen (secondary N) is 3. The van der Waals surface area contributed by atoms with E-state index in [1.165, 1.54) is 20.4 Å². The van der Waals surface area contributed by atoms with Crippen molar-refractivity contribution in [3.63, 3.8) is 0 Å². The molecule has 1 fully saturated rings. The maximum absolute atomic E-state index is 12.5. The van der Waals surface area contributed by atoms with Crippen LogP contribution in [-0.4, -0.2) is 53.0 Å². The van der Waals surface area contributed by atoms with Crippen LogP contribution in [0.5, 0.6) is 11.6 Å². The first-order valence-corrected chi connectivity index (χ1v) is 10.6. The van der Waals surface area contributed by atoms with Crippen LogP contribution in [0.2, 0.25) is 0 Å². The second kappa shape index (κ2) is 9.88. The lowest BCUT2D eigenvalue weighted by Crippen LogP contribution is -2.37. The molecule has 1 aliphatic carbocycles. The molecule has 10 nitrogen and oxygen atoms in total. The maximum Gasteiger partial charge on any atom is 0.407 e. The quantitative estimate of drug-likeness (QED) is 0.597. The van der Waals surface area contributed by atoms with Crippen molar-refractivity contribution < 1.29 is 23.8 Å². The van der Waals surface area contributed by atoms with Gasteiger partial charge in [0.2, 0.25) is 11.8 Å². The van der Waals surface area contributed by atoms with Gasteiger partial charge in [-0.05, 0) is 40.0 Å². The molecule has 32 heavy (non-hydrogen) atoms. The van der Waals surface area contributed by atoms with Gasteiger partial charge in [-0.25, -0.2) is 9.78 Å². The van der Waals surface area contributed by atoms with Gasteiger partial charge in [0, 0.05) is 35.3 Å². The number of ether oxygens (including phenoxy) is 3. The Morgan fingerprint density at radius 3 is 2.66 bits per heavy atom. The first-order valence-electron chi connectivity index (χ1n) is 10.6. The number of aromatic amines is 1. The van der Waals surface area contributed by atoms with E-state index >= 15 is 0 Å². The summed E-state index contributed by atoms with van der Waals surface area (Å²) in [6.45, 7) is 5.52. The zero-order valence-corrected chi connectivity index (χ0v) is 19.2. The Labute approximate surface area is 187 Å². The van der Waals surface area contributed by atoms with Gasteiger partial charge in [-0.2, -0.15) is 5.10 Å². The lowest BCUT2D eigenvalue weighted by atomic mass is 10.0. The topological polar surface area (TPSA) is 127 Å². The Bertz CT molecular complexity index is 952. The zero-order chi connectivity index (χ0) is 23.3. The van der Waals surface area contributed by atoms with Gasteiger partial charge in [0.25, 0.3) is 0 Å². The number of methoxy groups -OCH3 is 2. The highest BCUT2D eigenvalue weighted by molar-refractivity contribution is 5.91. The van der Waals surface area contributed by atoms with Crippen molar-refractivity contribution in [1.29, 1.82) is 0 Å². The highest BCUT2D eigenvalue weighted by atomic mass is 16.6. The fraction of sp³-hybridized carbons (Fsp3) is 0.545. The molecule has 2 atom stereocenters. The largest absolute Gasteiger partial charge is 0.495 e. The number of hydrogen-bond donors (Lipinski definition) is 3. The van der Waals surface area contributed by atoms with Crippen molar-refractivity contribution in [3.05, 3.63) is 29.6 Å². The van der Waals surface area contributed by atoms with Crippen LogP contribution in [0.4, 0.5) is 10.6 Å². The third-order valence-electron chi connectivity index (χ3n) is 5.16. The Hall–Kier alpha value is -3.30. The minimum Gasteiger partial charge on any atom is -0.495 e. The number of nitrogens with zero attached hydrogens (tertiary/aromatic N) is 2. The number of carbonyl (C=O) groups is 2. The van der Waals surface area contributed by atoms with E-state index in [4.69, 9.17) is 14.2 Å². The van der Waals surface area contributed by atoms with Crippen molar-refractivity contribution in [2.75, 3.05) is 19.5 Å². The van der Waals surface area contributed by atoms with Crippen LogP contribution in [0, 0.1) is 0 Å². The van der Waals surface area contributed by atoms with Crippen molar-refractivity contribution >= 4 is 17.8 Å². The van der Waals surface area contributed by atoms with Gasteiger partial charge in [0.1, 0.15) is 11.4 Å². The van der Waals surface area contributed by atoms with E-state index < -0.39 is 11.7 Å². The van der Waals surface area contributed by atoms with Crippen molar-refractivity contribution in [3.8, 4) is 11.6 Å². The molecule has 1 saturated carbocycles. The second-order valence-electron chi connectivity index (χ2n) is 8.83. The summed E-state index contributed by atoms with van der Waals surface area (Å²) in [4.78, 5) is 28.6. The van der Waals surface area contributed by atoms with Crippen LogP contribution in [-0.2, 0) is 16.0 Å². The SMILES string of the molecule is COc1cc(CC(=O)Nc2cc([C@H]3CC[C@@H](NC(=O)OC(C)(C)C)C3)[nH]n2)c(OC)cn1. The van der Waals surface area contributed by atoms with Crippen LogP contribution < -0.4 is 20.1 Å². The molecule has 2 amide bonds. The molecule has 0 spiro atoms. The lowest BCUT2D eigenvalue weighted by Gasteiger charge is -2.21. The van der Waals surface area contributed by atoms with Crippen LogP contribution in [0.25, 0.3) is 0 Å². The summed E-state index contributed by atoms with van der Waals surface area (Å²) < 4.78 is 15.7. The highest BCUT2D eigenvalue weighted by Crippen LogP contribution is 2.34. The third kappa shape index (κ3) is 6.35. The normalized spacial score (nSPS) is 18.2. The number of amides is 2. The smallest absolute Gasteiger partial charge is 0.407 e. The summed E-state index contributed by atoms with van der Waals surface area (Å²) in [7, 11) is 3.04. The van der Waals surface area contributed by atoms with Gasteiger partial charge >= 0.3 is 6.09 Å². The number of hydrogen-bond acceptors (Lipinski definition) is 7. The molecule has 174 valence electrons. The lowest BCUT2D eigenvalue weighted by molar-refractivity contribution is -0.115. The van der Waals surface area contributed by atoms with Gasteiger partial charge < -0.3 is 24.8 Å². The number of carbonyl (C=O) groups excluding carboxylic acids is 2. The van der Waals surface area contributed by atoms with Crippen LogP contribution in [0.3, 0.4) is 0 Å². The molecule has 1 aliphatic rings. The number of anilines is 1. The van der Waals surface area contributed by atoms with Gasteiger partial charge in [-0.15, -0.1) is 0 Å². The number of pyridine rings is 1. The zero-order valence-electron chi connectivity index (χ0n) is 19.2. The summed E-state index contributed by atoms with van der Waals surface area (Å²) in [5.74, 6) is 1.36. The molecule has 0 unspecified atom stereocenters. The number of rotatable bonds is 7.